The summed E-state index contributed by atoms with van der Waals surface area (Å²) in [6.45, 7) is 5.42. The average molecular weight is 433 g/mol. The minimum absolute atomic E-state index is 0.315. The van der Waals surface area contributed by atoms with E-state index >= 15 is 0 Å². The van der Waals surface area contributed by atoms with Crippen LogP contribution in [0.2, 0.25) is 5.02 Å². The monoisotopic (exact) mass is 432 g/mol. The van der Waals surface area contributed by atoms with E-state index in [1.165, 1.54) is 4.31 Å². The summed E-state index contributed by atoms with van der Waals surface area (Å²) in [6, 6.07) is 10.7. The number of benzene rings is 1. The van der Waals surface area contributed by atoms with Gasteiger partial charge in [0.2, 0.25) is 10.0 Å². The van der Waals surface area contributed by atoms with Gasteiger partial charge in [0.1, 0.15) is 5.69 Å². The summed E-state index contributed by atoms with van der Waals surface area (Å²) in [6.07, 6.45) is 1.59. The third-order valence-electron chi connectivity index (χ3n) is 5.06. The van der Waals surface area contributed by atoms with Crippen molar-refractivity contribution in [1.82, 2.24) is 14.5 Å². The van der Waals surface area contributed by atoms with Gasteiger partial charge in [-0.1, -0.05) is 11.6 Å². The Hall–Kier alpha value is -2.42. The number of halogens is 1. The van der Waals surface area contributed by atoms with Gasteiger partial charge in [-0.2, -0.15) is 4.31 Å². The number of hydrogen-bond acceptors (Lipinski definition) is 6. The van der Waals surface area contributed by atoms with E-state index in [0.717, 1.165) is 11.4 Å². The Morgan fingerprint density at radius 1 is 1.00 bits per heavy atom. The first-order valence-electron chi connectivity index (χ1n) is 9.26. The Kier molecular flexibility index (Phi) is 5.33. The summed E-state index contributed by atoms with van der Waals surface area (Å²) < 4.78 is 33.1. The molecular formula is C20H21ClN4O3S. The number of anilines is 1. The first kappa shape index (κ1) is 19.9. The molecule has 9 heteroatoms. The van der Waals surface area contributed by atoms with Gasteiger partial charge in [-0.05, 0) is 61.4 Å². The van der Waals surface area contributed by atoms with Crippen molar-refractivity contribution in [3.63, 3.8) is 0 Å². The van der Waals surface area contributed by atoms with Crippen molar-refractivity contribution in [1.29, 1.82) is 0 Å². The Morgan fingerprint density at radius 2 is 1.76 bits per heavy atom. The molecule has 0 radical (unpaired) electrons. The lowest BCUT2D eigenvalue weighted by molar-refractivity contribution is 0.383. The highest BCUT2D eigenvalue weighted by Gasteiger charge is 2.30. The van der Waals surface area contributed by atoms with Crippen LogP contribution in [0.1, 0.15) is 11.1 Å². The molecule has 0 N–H and O–H groups in total. The van der Waals surface area contributed by atoms with Gasteiger partial charge >= 0.3 is 0 Å². The van der Waals surface area contributed by atoms with Gasteiger partial charge in [0.05, 0.1) is 11.2 Å². The smallest absolute Gasteiger partial charge is 0.243 e. The molecule has 29 heavy (non-hydrogen) atoms. The number of rotatable bonds is 4. The maximum absolute atomic E-state index is 13.1. The molecule has 7 nitrogen and oxygen atoms in total. The number of hydrogen-bond donors (Lipinski definition) is 0. The minimum Gasteiger partial charge on any atom is -0.463 e. The molecule has 1 aliphatic rings. The third-order valence-corrected chi connectivity index (χ3v) is 7.51. The van der Waals surface area contributed by atoms with E-state index in [1.54, 1.807) is 31.4 Å². The highest BCUT2D eigenvalue weighted by molar-refractivity contribution is 7.89. The van der Waals surface area contributed by atoms with Gasteiger partial charge < -0.3 is 9.32 Å². The number of aryl methyl sites for hydroxylation is 2. The predicted octanol–water partition coefficient (Wildman–Crippen LogP) is 3.52. The molecule has 1 aromatic carbocycles. The molecule has 3 heterocycles. The van der Waals surface area contributed by atoms with Crippen molar-refractivity contribution in [2.45, 2.75) is 18.7 Å². The molecule has 0 amide bonds. The lowest BCUT2D eigenvalue weighted by Gasteiger charge is -2.34. The molecular weight excluding hydrogens is 412 g/mol. The number of furan rings is 1. The Morgan fingerprint density at radius 3 is 2.38 bits per heavy atom. The largest absolute Gasteiger partial charge is 0.463 e. The van der Waals surface area contributed by atoms with Crippen LogP contribution >= 0.6 is 11.6 Å². The van der Waals surface area contributed by atoms with Gasteiger partial charge in [-0.25, -0.2) is 8.42 Å². The van der Waals surface area contributed by atoms with Crippen molar-refractivity contribution in [3.8, 4) is 11.5 Å². The summed E-state index contributed by atoms with van der Waals surface area (Å²) >= 11 is 6.12. The fourth-order valence-corrected chi connectivity index (χ4v) is 5.31. The lowest BCUT2D eigenvalue weighted by Crippen LogP contribution is -2.49. The second-order valence-electron chi connectivity index (χ2n) is 7.01. The van der Waals surface area contributed by atoms with E-state index < -0.39 is 10.0 Å². The first-order chi connectivity index (χ1) is 13.9. The molecule has 152 valence electrons. The van der Waals surface area contributed by atoms with Crippen LogP contribution in [0.5, 0.6) is 0 Å². The topological polar surface area (TPSA) is 79.5 Å². The number of nitrogens with zero attached hydrogens (tertiary/aromatic N) is 4. The van der Waals surface area contributed by atoms with Gasteiger partial charge in [0.25, 0.3) is 0 Å². The standard InChI is InChI=1S/C20H21ClN4O3S/c1-14-13-19(15(2)12-16(14)21)29(26,27)25-9-7-24(8-10-25)20-6-5-17(22-23-20)18-4-3-11-28-18/h3-6,11-13H,7-10H2,1-2H3. The molecule has 1 aliphatic heterocycles. The fraction of sp³-hybridized carbons (Fsp3) is 0.300. The van der Waals surface area contributed by atoms with Crippen LogP contribution < -0.4 is 4.90 Å². The molecule has 0 aliphatic carbocycles. The maximum Gasteiger partial charge on any atom is 0.243 e. The van der Waals surface area contributed by atoms with Crippen LogP contribution in [0.15, 0.2) is 52.0 Å². The molecule has 3 aromatic rings. The summed E-state index contributed by atoms with van der Waals surface area (Å²) in [7, 11) is -3.57. The molecule has 0 atom stereocenters. The minimum atomic E-state index is -3.57. The number of piperazine rings is 1. The third kappa shape index (κ3) is 3.88. The van der Waals surface area contributed by atoms with Crippen molar-refractivity contribution in [3.05, 3.63) is 58.8 Å². The van der Waals surface area contributed by atoms with Gasteiger partial charge in [0.15, 0.2) is 11.6 Å². The summed E-state index contributed by atoms with van der Waals surface area (Å²) in [4.78, 5) is 2.35. The SMILES string of the molecule is Cc1cc(S(=O)(=O)N2CCN(c3ccc(-c4ccco4)nn3)CC2)c(C)cc1Cl. The number of sulfonamides is 1. The van der Waals surface area contributed by atoms with Crippen LogP contribution in [-0.2, 0) is 10.0 Å². The predicted molar refractivity (Wildman–Crippen MR) is 112 cm³/mol. The van der Waals surface area contributed by atoms with Crippen LogP contribution in [0.4, 0.5) is 5.82 Å². The zero-order valence-corrected chi connectivity index (χ0v) is 17.7. The van der Waals surface area contributed by atoms with Crippen molar-refractivity contribution in [2.24, 2.45) is 0 Å². The normalized spacial score (nSPS) is 15.6. The fourth-order valence-electron chi connectivity index (χ4n) is 3.38. The zero-order chi connectivity index (χ0) is 20.6. The highest BCUT2D eigenvalue weighted by Crippen LogP contribution is 2.27. The molecule has 4 rings (SSSR count). The maximum atomic E-state index is 13.1. The van der Waals surface area contributed by atoms with Gasteiger partial charge in [-0.15, -0.1) is 10.2 Å². The molecule has 0 spiro atoms. The summed E-state index contributed by atoms with van der Waals surface area (Å²) in [5.74, 6) is 1.38. The van der Waals surface area contributed by atoms with Crippen LogP contribution in [0, 0.1) is 13.8 Å². The van der Waals surface area contributed by atoms with E-state index in [2.05, 4.69) is 10.2 Å². The van der Waals surface area contributed by atoms with Crippen molar-refractivity contribution >= 4 is 27.4 Å². The van der Waals surface area contributed by atoms with Gasteiger partial charge in [0, 0.05) is 31.2 Å². The average Bonchev–Trinajstić information content (AvgIpc) is 3.26. The Bertz CT molecular complexity index is 1110. The second kappa shape index (κ2) is 7.78. The quantitative estimate of drug-likeness (QED) is 0.627. The van der Waals surface area contributed by atoms with E-state index in [-0.39, 0.29) is 0 Å². The van der Waals surface area contributed by atoms with Crippen LogP contribution in [-0.4, -0.2) is 49.1 Å². The van der Waals surface area contributed by atoms with Crippen LogP contribution in [0.3, 0.4) is 0 Å². The molecule has 1 saturated heterocycles. The van der Waals surface area contributed by atoms with Crippen molar-refractivity contribution < 1.29 is 12.8 Å². The van der Waals surface area contributed by atoms with Gasteiger partial charge in [-0.3, -0.25) is 0 Å². The van der Waals surface area contributed by atoms with E-state index in [0.29, 0.717) is 53.1 Å². The Balaban J connectivity index is 1.47. The van der Waals surface area contributed by atoms with Crippen molar-refractivity contribution in [2.75, 3.05) is 31.1 Å². The van der Waals surface area contributed by atoms with Crippen LogP contribution in [0.25, 0.3) is 11.5 Å². The summed E-state index contributed by atoms with van der Waals surface area (Å²) in [5, 5.41) is 9.06. The summed E-state index contributed by atoms with van der Waals surface area (Å²) in [5.41, 5.74) is 2.07. The molecule has 1 fully saturated rings. The molecule has 0 unspecified atom stereocenters. The molecule has 0 saturated carbocycles. The zero-order valence-electron chi connectivity index (χ0n) is 16.2. The van der Waals surface area contributed by atoms with E-state index in [1.807, 2.05) is 30.0 Å². The van der Waals surface area contributed by atoms with E-state index in [4.69, 9.17) is 16.0 Å². The lowest BCUT2D eigenvalue weighted by atomic mass is 10.2. The molecule has 2 aromatic heterocycles. The highest BCUT2D eigenvalue weighted by atomic mass is 35.5. The number of aromatic nitrogens is 2. The van der Waals surface area contributed by atoms with E-state index in [9.17, 15) is 8.42 Å². The first-order valence-corrected chi connectivity index (χ1v) is 11.1. The second-order valence-corrected chi connectivity index (χ2v) is 9.33. The Labute approximate surface area is 175 Å². The molecule has 0 bridgehead atoms.